The van der Waals surface area contributed by atoms with Gasteiger partial charge in [-0.25, -0.2) is 0 Å². The van der Waals surface area contributed by atoms with E-state index in [-0.39, 0.29) is 90.5 Å². The van der Waals surface area contributed by atoms with Gasteiger partial charge in [-0.05, 0) is 74.2 Å². The monoisotopic (exact) mass is 1010 g/mol. The van der Waals surface area contributed by atoms with Gasteiger partial charge in [0.05, 0.1) is 0 Å². The molecule has 362 valence electrons. The molecule has 0 bridgehead atoms. The van der Waals surface area contributed by atoms with Crippen LogP contribution in [0.3, 0.4) is 0 Å². The van der Waals surface area contributed by atoms with Crippen LogP contribution in [-0.2, 0) is 86.2 Å². The van der Waals surface area contributed by atoms with Gasteiger partial charge in [0.1, 0.15) is 11.6 Å². The number of aromatic nitrogens is 2. The fourth-order valence-corrected chi connectivity index (χ4v) is 6.42. The van der Waals surface area contributed by atoms with Crippen LogP contribution >= 0.6 is 0 Å². The van der Waals surface area contributed by atoms with Crippen LogP contribution in [0.15, 0.2) is 146 Å². The fourth-order valence-electron chi connectivity index (χ4n) is 6.42. The minimum absolute atomic E-state index is 0. The summed E-state index contributed by atoms with van der Waals surface area (Å²) < 4.78 is 0. The molecule has 0 atom stereocenters. The van der Waals surface area contributed by atoms with Gasteiger partial charge in [-0.15, -0.1) is 23.0 Å². The number of Topliss-reactive ketones (excluding diaryl/α,β-unsaturated/α-hetero) is 2. The Bertz CT molecular complexity index is 2020. The van der Waals surface area contributed by atoms with E-state index in [4.69, 9.17) is 0 Å². The second kappa shape index (κ2) is 34.8. The number of carbonyl (C=O) groups excluding carboxylic acids is 2. The maximum Gasteiger partial charge on any atom is 5.00 e. The second-order valence-corrected chi connectivity index (χ2v) is 16.2. The molecule has 0 saturated heterocycles. The maximum atomic E-state index is 11.9. The molecule has 0 fully saturated rings. The number of benzene rings is 4. The molecular formula is C52H64Fe2N6O8+4. The quantitative estimate of drug-likeness (QED) is 0.0876. The number of pyridine rings is 2. The molecule has 0 aliphatic rings. The van der Waals surface area contributed by atoms with Gasteiger partial charge in [0.2, 0.25) is 0 Å². The van der Waals surface area contributed by atoms with Crippen LogP contribution in [0.25, 0.3) is 0 Å². The molecule has 0 aliphatic heterocycles. The maximum absolute atomic E-state index is 11.9. The van der Waals surface area contributed by atoms with E-state index < -0.39 is 0 Å². The first kappa shape index (κ1) is 64.6. The Morgan fingerprint density at radius 2 is 0.632 bits per heavy atom. The molecule has 0 amide bonds. The molecule has 0 spiro atoms. The number of nitrogens with zero attached hydrogens (tertiary/aromatic N) is 2. The Hall–Kier alpha value is -5.48. The summed E-state index contributed by atoms with van der Waals surface area (Å²) in [7, 11) is 0. The Morgan fingerprint density at radius 1 is 0.426 bits per heavy atom. The summed E-state index contributed by atoms with van der Waals surface area (Å²) in [4.78, 5) is 28.0. The number of nitrogens with one attached hydrogen (secondary N) is 4. The SMILES string of the molecule is CC(C)=O.CC(C)=O.CC(CNCc1ccccc1[O-])(CNCc1ccccc1[O-])c1ccccn1.CC(CNCc1ccccc1[O-])(CNCc1ccccc1[O-])c1ccccn1.O.[Fe+5].[Fe+5].[O-2]. The van der Waals surface area contributed by atoms with Crippen LogP contribution < -0.4 is 41.7 Å². The third-order valence-electron chi connectivity index (χ3n) is 9.78. The van der Waals surface area contributed by atoms with Gasteiger partial charge in [-0.2, -0.15) is 0 Å². The zero-order chi connectivity index (χ0) is 46.8. The van der Waals surface area contributed by atoms with Crippen molar-refractivity contribution >= 4 is 11.6 Å². The summed E-state index contributed by atoms with van der Waals surface area (Å²) in [6.07, 6.45) is 3.57. The van der Waals surface area contributed by atoms with Gasteiger partial charge in [0, 0.05) is 87.0 Å². The summed E-state index contributed by atoms with van der Waals surface area (Å²) in [5, 5.41) is 61.2. The van der Waals surface area contributed by atoms with E-state index in [0.717, 1.165) is 33.6 Å². The van der Waals surface area contributed by atoms with E-state index in [1.165, 1.54) is 27.7 Å². The van der Waals surface area contributed by atoms with Crippen molar-refractivity contribution < 1.29 is 75.1 Å². The molecule has 16 heteroatoms. The topological polar surface area (TPSA) is 260 Å². The Balaban J connectivity index is 0. The second-order valence-electron chi connectivity index (χ2n) is 16.2. The van der Waals surface area contributed by atoms with E-state index in [9.17, 15) is 30.0 Å². The standard InChI is InChI=1S/2C23H27N3O2.2C3H6O.2Fe.H2O.O/c2*1-23(22-12-6-7-13-26-22,16-24-14-18-8-2-4-10-20(18)27)17-25-15-19-9-3-5-11-21(19)28;2*1-3(2)4;;;;/h2*2-13,24-25,27-28H,14-17H2,1H3;2*1-2H3;;;1H2;/q;;;;2*+5;;-2/p-4. The summed E-state index contributed by atoms with van der Waals surface area (Å²) in [5.41, 5.74) is 4.33. The largest absolute Gasteiger partial charge is 5.00 e. The molecule has 6 rings (SSSR count). The van der Waals surface area contributed by atoms with Crippen LogP contribution in [0.5, 0.6) is 23.0 Å². The van der Waals surface area contributed by atoms with Crippen LogP contribution in [0.2, 0.25) is 0 Å². The molecule has 2 heterocycles. The van der Waals surface area contributed by atoms with Crippen molar-refractivity contribution in [3.8, 4) is 23.0 Å². The first-order chi connectivity index (χ1) is 30.6. The Kier molecular flexibility index (Phi) is 33.0. The number of rotatable bonds is 18. The van der Waals surface area contributed by atoms with E-state index in [1.807, 2.05) is 84.9 Å². The van der Waals surface area contributed by atoms with Gasteiger partial charge in [0.25, 0.3) is 0 Å². The first-order valence-electron chi connectivity index (χ1n) is 21.2. The Labute approximate surface area is 423 Å². The van der Waals surface area contributed by atoms with Gasteiger partial charge in [-0.1, -0.05) is 123 Å². The number of para-hydroxylation sites is 4. The molecule has 0 aliphatic carbocycles. The van der Waals surface area contributed by atoms with Crippen molar-refractivity contribution in [1.82, 2.24) is 31.2 Å². The zero-order valence-electron chi connectivity index (χ0n) is 39.5. The van der Waals surface area contributed by atoms with E-state index in [0.29, 0.717) is 52.4 Å². The summed E-state index contributed by atoms with van der Waals surface area (Å²) in [6.45, 7) is 15.0. The van der Waals surface area contributed by atoms with Crippen LogP contribution in [0, 0.1) is 0 Å². The van der Waals surface area contributed by atoms with E-state index in [2.05, 4.69) is 45.1 Å². The van der Waals surface area contributed by atoms with Crippen LogP contribution in [-0.4, -0.2) is 53.2 Å². The molecule has 0 saturated carbocycles. The average molecular weight is 1010 g/mol. The number of ketones is 2. The van der Waals surface area contributed by atoms with Crippen molar-refractivity contribution in [3.63, 3.8) is 0 Å². The molecule has 0 unspecified atom stereocenters. The predicted octanol–water partition coefficient (Wildman–Crippen LogP) is 4.37. The van der Waals surface area contributed by atoms with Crippen molar-refractivity contribution in [2.24, 2.45) is 0 Å². The van der Waals surface area contributed by atoms with Gasteiger partial charge in [-0.3, -0.25) is 9.97 Å². The van der Waals surface area contributed by atoms with Crippen LogP contribution in [0.1, 0.15) is 75.2 Å². The molecule has 68 heavy (non-hydrogen) atoms. The predicted molar refractivity (Wildman–Crippen MR) is 251 cm³/mol. The van der Waals surface area contributed by atoms with Crippen molar-refractivity contribution in [2.75, 3.05) is 26.2 Å². The van der Waals surface area contributed by atoms with Crippen molar-refractivity contribution in [2.45, 2.75) is 78.6 Å². The van der Waals surface area contributed by atoms with Crippen molar-refractivity contribution in [3.05, 3.63) is 179 Å². The molecule has 6 aromatic rings. The summed E-state index contributed by atoms with van der Waals surface area (Å²) >= 11 is 0. The molecule has 2 radical (unpaired) electrons. The van der Waals surface area contributed by atoms with E-state index >= 15 is 0 Å². The minimum atomic E-state index is -0.295. The van der Waals surface area contributed by atoms with Gasteiger partial charge in [0.15, 0.2) is 0 Å². The molecule has 14 nitrogen and oxygen atoms in total. The smallest absolute Gasteiger partial charge is 2.00 e. The van der Waals surface area contributed by atoms with Crippen LogP contribution in [0.4, 0.5) is 0 Å². The third-order valence-corrected chi connectivity index (χ3v) is 9.78. The van der Waals surface area contributed by atoms with Crippen molar-refractivity contribution in [1.29, 1.82) is 0 Å². The number of hydrogen-bond donors (Lipinski definition) is 4. The third kappa shape index (κ3) is 24.0. The minimum Gasteiger partial charge on any atom is -2.00 e. The van der Waals surface area contributed by atoms with Gasteiger partial charge < -0.3 is 62.2 Å². The van der Waals surface area contributed by atoms with E-state index in [1.54, 1.807) is 60.9 Å². The Morgan fingerprint density at radius 3 is 0.824 bits per heavy atom. The fraction of sp³-hybridized carbons (Fsp3) is 0.308. The van der Waals surface area contributed by atoms with Gasteiger partial charge >= 0.3 is 34.1 Å². The number of hydrogen-bond acceptors (Lipinski definition) is 12. The molecule has 4 aromatic carbocycles. The molecule has 2 aromatic heterocycles. The molecule has 6 N–H and O–H groups in total. The summed E-state index contributed by atoms with van der Waals surface area (Å²) in [6, 6.07) is 39.9. The zero-order valence-corrected chi connectivity index (χ0v) is 41.7. The number of carbonyl (C=O) groups is 2. The average Bonchev–Trinajstić information content (AvgIpc) is 3.27. The first-order valence-corrected chi connectivity index (χ1v) is 21.2. The normalized spacial score (nSPS) is 10.2. The summed E-state index contributed by atoms with van der Waals surface area (Å²) in [5.74, 6) is 0.499. The molecular weight excluding hydrogens is 948 g/mol.